The quantitative estimate of drug-likeness (QED) is 0.461. The molecule has 0 unspecified atom stereocenters. The highest BCUT2D eigenvalue weighted by molar-refractivity contribution is 14.1. The molecule has 0 radical (unpaired) electrons. The molecule has 3 rings (SSSR count). The van der Waals surface area contributed by atoms with Gasteiger partial charge in [-0.15, -0.1) is 11.3 Å². The van der Waals surface area contributed by atoms with Crippen molar-refractivity contribution in [3.05, 3.63) is 13.8 Å². The molecule has 1 amide bonds. The molecule has 1 aromatic heterocycles. The number of nitrogens with zero attached hydrogens (tertiary/aromatic N) is 1. The normalized spacial score (nSPS) is 24.3. The van der Waals surface area contributed by atoms with Gasteiger partial charge < -0.3 is 14.4 Å². The van der Waals surface area contributed by atoms with Crippen LogP contribution in [0.2, 0.25) is 0 Å². The summed E-state index contributed by atoms with van der Waals surface area (Å²) in [5.74, 6) is 0.554. The first-order valence-corrected chi connectivity index (χ1v) is 11.2. The highest BCUT2D eigenvalue weighted by Crippen LogP contribution is 2.38. The standard InChI is InChI=1S/C19H26INO4S/c1-12-3-5-13(6-4-12)18(22)21(14-7-9-25-10-8-14)15-11-16(20)26-17(15)19(23)24-2/h11-14H,3-10H2,1-2H3. The van der Waals surface area contributed by atoms with Gasteiger partial charge in [-0.25, -0.2) is 4.79 Å². The Balaban J connectivity index is 1.93. The van der Waals surface area contributed by atoms with Gasteiger partial charge >= 0.3 is 5.97 Å². The molecule has 144 valence electrons. The lowest BCUT2D eigenvalue weighted by Gasteiger charge is -2.37. The van der Waals surface area contributed by atoms with E-state index in [0.717, 1.165) is 47.1 Å². The lowest BCUT2D eigenvalue weighted by Crippen LogP contribution is -2.47. The summed E-state index contributed by atoms with van der Waals surface area (Å²) >= 11 is 3.60. The molecule has 2 aliphatic rings. The SMILES string of the molecule is COC(=O)c1sc(I)cc1N(C(=O)C1CCC(C)CC1)C1CCOCC1. The first-order chi connectivity index (χ1) is 12.5. The zero-order valence-electron chi connectivity index (χ0n) is 15.3. The van der Waals surface area contributed by atoms with Crippen LogP contribution in [0.5, 0.6) is 0 Å². The van der Waals surface area contributed by atoms with Crippen LogP contribution in [-0.4, -0.2) is 38.2 Å². The Labute approximate surface area is 172 Å². The molecule has 1 aromatic rings. The number of hydrogen-bond donors (Lipinski definition) is 0. The smallest absolute Gasteiger partial charge is 0.350 e. The van der Waals surface area contributed by atoms with E-state index in [1.54, 1.807) is 0 Å². The molecule has 1 aliphatic heterocycles. The maximum absolute atomic E-state index is 13.5. The van der Waals surface area contributed by atoms with E-state index in [1.165, 1.54) is 18.4 Å². The molecule has 0 spiro atoms. The van der Waals surface area contributed by atoms with Crippen LogP contribution in [-0.2, 0) is 14.3 Å². The highest BCUT2D eigenvalue weighted by Gasteiger charge is 2.36. The van der Waals surface area contributed by atoms with Gasteiger partial charge in [-0.05, 0) is 73.1 Å². The average Bonchev–Trinajstić information content (AvgIpc) is 3.04. The Bertz CT molecular complexity index is 648. The van der Waals surface area contributed by atoms with Crippen molar-refractivity contribution in [2.24, 2.45) is 11.8 Å². The van der Waals surface area contributed by atoms with Crippen LogP contribution in [0.25, 0.3) is 0 Å². The van der Waals surface area contributed by atoms with E-state index in [4.69, 9.17) is 9.47 Å². The van der Waals surface area contributed by atoms with Crippen molar-refractivity contribution in [3.63, 3.8) is 0 Å². The zero-order chi connectivity index (χ0) is 18.7. The van der Waals surface area contributed by atoms with Crippen molar-refractivity contribution in [3.8, 4) is 0 Å². The molecule has 0 N–H and O–H groups in total. The van der Waals surface area contributed by atoms with Crippen LogP contribution in [0.15, 0.2) is 6.07 Å². The first-order valence-electron chi connectivity index (χ1n) is 9.29. The largest absolute Gasteiger partial charge is 0.465 e. The molecule has 0 bridgehead atoms. The van der Waals surface area contributed by atoms with Crippen LogP contribution in [0, 0.1) is 14.7 Å². The van der Waals surface area contributed by atoms with Crippen LogP contribution in [0.4, 0.5) is 5.69 Å². The minimum atomic E-state index is -0.366. The summed E-state index contributed by atoms with van der Waals surface area (Å²) in [5.41, 5.74) is 0.724. The van der Waals surface area contributed by atoms with E-state index in [-0.39, 0.29) is 23.8 Å². The number of ether oxygens (including phenoxy) is 2. The van der Waals surface area contributed by atoms with Gasteiger partial charge in [0.2, 0.25) is 5.91 Å². The molecule has 1 saturated carbocycles. The number of hydrogen-bond acceptors (Lipinski definition) is 5. The maximum atomic E-state index is 13.5. The fourth-order valence-electron chi connectivity index (χ4n) is 3.91. The lowest BCUT2D eigenvalue weighted by atomic mass is 9.82. The van der Waals surface area contributed by atoms with Gasteiger partial charge in [-0.1, -0.05) is 6.92 Å². The molecule has 26 heavy (non-hydrogen) atoms. The third-order valence-electron chi connectivity index (χ3n) is 5.47. The number of esters is 1. The van der Waals surface area contributed by atoms with E-state index in [0.29, 0.717) is 24.0 Å². The van der Waals surface area contributed by atoms with E-state index in [9.17, 15) is 9.59 Å². The number of carbonyl (C=O) groups is 2. The summed E-state index contributed by atoms with van der Waals surface area (Å²) in [6.45, 7) is 3.57. The third-order valence-corrected chi connectivity index (χ3v) is 7.34. The Kier molecular flexibility index (Phi) is 6.96. The van der Waals surface area contributed by atoms with Gasteiger partial charge in [0.05, 0.1) is 15.7 Å². The fourth-order valence-corrected chi connectivity index (χ4v) is 5.66. The number of halogens is 1. The second kappa shape index (κ2) is 9.01. The molecular weight excluding hydrogens is 465 g/mol. The predicted octanol–water partition coefficient (Wildman–Crippen LogP) is 4.48. The highest BCUT2D eigenvalue weighted by atomic mass is 127. The Morgan fingerprint density at radius 3 is 2.46 bits per heavy atom. The summed E-state index contributed by atoms with van der Waals surface area (Å²) in [5, 5.41) is 0. The Morgan fingerprint density at radius 2 is 1.85 bits per heavy atom. The summed E-state index contributed by atoms with van der Waals surface area (Å²) < 4.78 is 11.5. The second-order valence-electron chi connectivity index (χ2n) is 7.27. The number of methoxy groups -OCH3 is 1. The van der Waals surface area contributed by atoms with E-state index in [1.807, 2.05) is 11.0 Å². The van der Waals surface area contributed by atoms with Gasteiger partial charge in [0.25, 0.3) is 0 Å². The summed E-state index contributed by atoms with van der Waals surface area (Å²) in [4.78, 5) is 28.3. The van der Waals surface area contributed by atoms with Crippen molar-refractivity contribution < 1.29 is 19.1 Å². The van der Waals surface area contributed by atoms with Gasteiger partial charge in [-0.2, -0.15) is 0 Å². The van der Waals surface area contributed by atoms with Crippen LogP contribution >= 0.6 is 33.9 Å². The van der Waals surface area contributed by atoms with Gasteiger partial charge in [0.15, 0.2) is 0 Å². The van der Waals surface area contributed by atoms with E-state index >= 15 is 0 Å². The van der Waals surface area contributed by atoms with Crippen molar-refractivity contribution in [1.29, 1.82) is 0 Å². The minimum absolute atomic E-state index is 0.0529. The Morgan fingerprint density at radius 1 is 1.19 bits per heavy atom. The summed E-state index contributed by atoms with van der Waals surface area (Å²) in [6, 6.07) is 2.04. The number of rotatable bonds is 4. The predicted molar refractivity (Wildman–Crippen MR) is 111 cm³/mol. The molecule has 2 fully saturated rings. The van der Waals surface area contributed by atoms with Gasteiger partial charge in [0.1, 0.15) is 4.88 Å². The first kappa shape index (κ1) is 20.1. The third kappa shape index (κ3) is 4.42. The van der Waals surface area contributed by atoms with E-state index in [2.05, 4.69) is 29.5 Å². The summed E-state index contributed by atoms with van der Waals surface area (Å²) in [7, 11) is 1.39. The van der Waals surface area contributed by atoms with E-state index < -0.39 is 0 Å². The van der Waals surface area contributed by atoms with Crippen molar-refractivity contribution >= 4 is 51.5 Å². The van der Waals surface area contributed by atoms with Gasteiger partial charge in [0, 0.05) is 25.2 Å². The molecule has 5 nitrogen and oxygen atoms in total. The molecule has 0 aromatic carbocycles. The van der Waals surface area contributed by atoms with Crippen LogP contribution in [0.1, 0.15) is 55.1 Å². The summed E-state index contributed by atoms with van der Waals surface area (Å²) in [6.07, 6.45) is 5.69. The molecular formula is C19H26INO4S. The van der Waals surface area contributed by atoms with Gasteiger partial charge in [-0.3, -0.25) is 4.79 Å². The lowest BCUT2D eigenvalue weighted by molar-refractivity contribution is -0.124. The number of anilines is 1. The second-order valence-corrected chi connectivity index (χ2v) is 10.2. The van der Waals surface area contributed by atoms with Crippen molar-refractivity contribution in [1.82, 2.24) is 0 Å². The Hall–Kier alpha value is -0.670. The maximum Gasteiger partial charge on any atom is 0.350 e. The molecule has 0 atom stereocenters. The average molecular weight is 491 g/mol. The fraction of sp³-hybridized carbons (Fsp3) is 0.684. The monoisotopic (exact) mass is 491 g/mol. The minimum Gasteiger partial charge on any atom is -0.465 e. The molecule has 7 heteroatoms. The molecule has 1 aliphatic carbocycles. The van der Waals surface area contributed by atoms with Crippen molar-refractivity contribution in [2.45, 2.75) is 51.5 Å². The van der Waals surface area contributed by atoms with Crippen LogP contribution < -0.4 is 4.90 Å². The number of amides is 1. The molecule has 2 heterocycles. The molecule has 1 saturated heterocycles. The van der Waals surface area contributed by atoms with Crippen LogP contribution in [0.3, 0.4) is 0 Å². The number of carbonyl (C=O) groups excluding carboxylic acids is 2. The topological polar surface area (TPSA) is 55.8 Å². The zero-order valence-corrected chi connectivity index (χ0v) is 18.3. The van der Waals surface area contributed by atoms with Crippen molar-refractivity contribution in [2.75, 3.05) is 25.2 Å². The number of thiophene rings is 1.